The fourth-order valence-electron chi connectivity index (χ4n) is 4.98. The number of aromatic nitrogens is 3. The lowest BCUT2D eigenvalue weighted by Crippen LogP contribution is -2.27. The van der Waals surface area contributed by atoms with E-state index in [1.54, 1.807) is 6.08 Å². The Labute approximate surface area is 255 Å². The Morgan fingerprint density at radius 2 is 1.72 bits per heavy atom. The average molecular weight is 652 g/mol. The predicted octanol–water partition coefficient (Wildman–Crippen LogP) is 5.77. The number of rotatable bonds is 8. The first-order valence-electron chi connectivity index (χ1n) is 13.5. The second kappa shape index (κ2) is 12.7. The van der Waals surface area contributed by atoms with Crippen molar-refractivity contribution in [1.29, 1.82) is 0 Å². The van der Waals surface area contributed by atoms with Gasteiger partial charge in [0.15, 0.2) is 5.82 Å². The zero-order chi connectivity index (χ0) is 33.3. The van der Waals surface area contributed by atoms with Crippen LogP contribution in [0.5, 0.6) is 11.5 Å². The van der Waals surface area contributed by atoms with Gasteiger partial charge in [0.25, 0.3) is 11.5 Å². The van der Waals surface area contributed by atoms with Gasteiger partial charge in [0.05, 0.1) is 18.4 Å². The van der Waals surface area contributed by atoms with Gasteiger partial charge in [-0.15, -0.1) is 0 Å². The third-order valence-electron chi connectivity index (χ3n) is 7.11. The number of carbonyl (C=O) groups is 1. The van der Waals surface area contributed by atoms with Crippen LogP contribution in [0.2, 0.25) is 0 Å². The van der Waals surface area contributed by atoms with Crippen molar-refractivity contribution in [2.45, 2.75) is 19.2 Å². The van der Waals surface area contributed by atoms with Crippen molar-refractivity contribution in [3.63, 3.8) is 0 Å². The number of ether oxygens (including phenoxy) is 2. The molecule has 0 fully saturated rings. The molecule has 0 spiro atoms. The molecule has 0 unspecified atom stereocenters. The lowest BCUT2D eigenvalue weighted by molar-refractivity contribution is -0.137. The standard InChI is InChI=1S/C30H24F7N5O4/c1-41-25(23-20(31)13-18(45-2)14-21(23)32)24(40-27(43)16-3-5-17(6-4-16)46-29(33)34)28(44)42(41)26-19(30(35,36)37)7-8-22(39-26)15-9-11-38-12-10-15/h3-9,13-14,29,38H,10-12H2,1-2H3,(H,40,43). The van der Waals surface area contributed by atoms with E-state index in [0.717, 1.165) is 67.4 Å². The van der Waals surface area contributed by atoms with Crippen LogP contribution in [-0.2, 0) is 13.2 Å². The van der Waals surface area contributed by atoms with Crippen molar-refractivity contribution < 1.29 is 45.0 Å². The summed E-state index contributed by atoms with van der Waals surface area (Å²) >= 11 is 0. The maximum absolute atomic E-state index is 15.4. The number of benzene rings is 2. The molecule has 3 heterocycles. The van der Waals surface area contributed by atoms with E-state index in [1.165, 1.54) is 0 Å². The highest BCUT2D eigenvalue weighted by Crippen LogP contribution is 2.37. The molecular formula is C30H24F7N5O4. The highest BCUT2D eigenvalue weighted by atomic mass is 19.4. The van der Waals surface area contributed by atoms with E-state index in [9.17, 15) is 31.5 Å². The Hall–Kier alpha value is -5.12. The van der Waals surface area contributed by atoms with Crippen molar-refractivity contribution in [3.05, 3.63) is 93.4 Å². The Kier molecular flexibility index (Phi) is 8.92. The quantitative estimate of drug-likeness (QED) is 0.235. The number of hydrogen-bond donors (Lipinski definition) is 2. The average Bonchev–Trinajstić information content (AvgIpc) is 3.24. The minimum atomic E-state index is -5.02. The van der Waals surface area contributed by atoms with Gasteiger partial charge in [-0.2, -0.15) is 26.6 Å². The molecule has 0 aliphatic carbocycles. The smallest absolute Gasteiger partial charge is 0.420 e. The Morgan fingerprint density at radius 1 is 1.04 bits per heavy atom. The number of alkyl halides is 5. The number of amides is 1. The van der Waals surface area contributed by atoms with Gasteiger partial charge in [0.2, 0.25) is 0 Å². The molecule has 0 radical (unpaired) electrons. The van der Waals surface area contributed by atoms with Gasteiger partial charge >= 0.3 is 12.8 Å². The van der Waals surface area contributed by atoms with Crippen LogP contribution >= 0.6 is 0 Å². The summed E-state index contributed by atoms with van der Waals surface area (Å²) < 4.78 is 109. The zero-order valence-electron chi connectivity index (χ0n) is 24.0. The second-order valence-corrected chi connectivity index (χ2v) is 9.94. The Balaban J connectivity index is 1.74. The van der Waals surface area contributed by atoms with E-state index in [0.29, 0.717) is 29.8 Å². The van der Waals surface area contributed by atoms with Crippen LogP contribution in [0.4, 0.5) is 36.4 Å². The number of nitrogens with zero attached hydrogens (tertiary/aromatic N) is 3. The number of methoxy groups -OCH3 is 1. The van der Waals surface area contributed by atoms with Crippen molar-refractivity contribution >= 4 is 17.2 Å². The summed E-state index contributed by atoms with van der Waals surface area (Å²) in [7, 11) is 2.23. The lowest BCUT2D eigenvalue weighted by atomic mass is 10.0. The molecule has 0 saturated heterocycles. The van der Waals surface area contributed by atoms with Gasteiger partial charge < -0.3 is 20.1 Å². The maximum atomic E-state index is 15.4. The predicted molar refractivity (Wildman–Crippen MR) is 152 cm³/mol. The van der Waals surface area contributed by atoms with Gasteiger partial charge in [0, 0.05) is 31.3 Å². The van der Waals surface area contributed by atoms with Crippen LogP contribution in [0.3, 0.4) is 0 Å². The van der Waals surface area contributed by atoms with Crippen molar-refractivity contribution in [3.8, 4) is 28.6 Å². The summed E-state index contributed by atoms with van der Waals surface area (Å²) in [5.41, 5.74) is -4.36. The van der Waals surface area contributed by atoms with E-state index in [2.05, 4.69) is 20.4 Å². The molecule has 1 aliphatic heterocycles. The van der Waals surface area contributed by atoms with Crippen LogP contribution in [0.1, 0.15) is 28.0 Å². The van der Waals surface area contributed by atoms with Gasteiger partial charge in [-0.05, 0) is 54.9 Å². The molecule has 1 amide bonds. The number of hydrogen-bond acceptors (Lipinski definition) is 6. The fourth-order valence-corrected chi connectivity index (χ4v) is 4.98. The molecular weight excluding hydrogens is 627 g/mol. The van der Waals surface area contributed by atoms with E-state index < -0.39 is 64.2 Å². The summed E-state index contributed by atoms with van der Waals surface area (Å²) in [4.78, 5) is 31.4. The molecule has 2 aromatic heterocycles. The molecule has 242 valence electrons. The first-order chi connectivity index (χ1) is 21.8. The SMILES string of the molecule is COc1cc(F)c(-c2c(NC(=O)c3ccc(OC(F)F)cc3)c(=O)n(-c3nc(C4=CCNCC4)ccc3C(F)(F)F)n2C)c(F)c1. The molecule has 1 aliphatic rings. The highest BCUT2D eigenvalue weighted by Gasteiger charge is 2.38. The molecule has 0 atom stereocenters. The van der Waals surface area contributed by atoms with E-state index in [1.807, 2.05) is 0 Å². The summed E-state index contributed by atoms with van der Waals surface area (Å²) in [6.45, 7) is -2.18. The minimum Gasteiger partial charge on any atom is -0.497 e. The Bertz CT molecular complexity index is 1860. The molecule has 2 N–H and O–H groups in total. The molecule has 0 saturated carbocycles. The fraction of sp³-hybridized carbons (Fsp3) is 0.233. The number of anilines is 1. The summed E-state index contributed by atoms with van der Waals surface area (Å²) in [6, 6.07) is 7.70. The normalized spacial score (nSPS) is 13.5. The third kappa shape index (κ3) is 6.33. The highest BCUT2D eigenvalue weighted by molar-refractivity contribution is 6.06. The van der Waals surface area contributed by atoms with Gasteiger partial charge in [-0.25, -0.2) is 13.8 Å². The number of pyridine rings is 1. The number of nitrogens with one attached hydrogen (secondary N) is 2. The van der Waals surface area contributed by atoms with Crippen LogP contribution in [0.15, 0.2) is 59.4 Å². The summed E-state index contributed by atoms with van der Waals surface area (Å²) in [5.74, 6) is -4.99. The molecule has 0 bridgehead atoms. The zero-order valence-corrected chi connectivity index (χ0v) is 24.0. The van der Waals surface area contributed by atoms with E-state index in [4.69, 9.17) is 4.74 Å². The van der Waals surface area contributed by atoms with Crippen molar-refractivity contribution in [2.75, 3.05) is 25.5 Å². The van der Waals surface area contributed by atoms with E-state index >= 15 is 8.78 Å². The van der Waals surface area contributed by atoms with Crippen molar-refractivity contribution in [1.82, 2.24) is 19.7 Å². The lowest BCUT2D eigenvalue weighted by Gasteiger charge is -2.19. The Morgan fingerprint density at radius 3 is 2.28 bits per heavy atom. The van der Waals surface area contributed by atoms with Gasteiger partial charge in [-0.3, -0.25) is 14.3 Å². The monoisotopic (exact) mass is 651 g/mol. The first kappa shape index (κ1) is 32.3. The maximum Gasteiger partial charge on any atom is 0.420 e. The molecule has 16 heteroatoms. The minimum absolute atomic E-state index is 0.137. The van der Waals surface area contributed by atoms with E-state index in [-0.39, 0.29) is 22.8 Å². The van der Waals surface area contributed by atoms with Crippen LogP contribution in [0.25, 0.3) is 22.6 Å². The molecule has 5 rings (SSSR count). The largest absolute Gasteiger partial charge is 0.497 e. The van der Waals surface area contributed by atoms with Crippen molar-refractivity contribution in [2.24, 2.45) is 7.05 Å². The van der Waals surface area contributed by atoms with Gasteiger partial charge in [0.1, 0.15) is 40.1 Å². The number of halogens is 7. The molecule has 4 aromatic rings. The van der Waals surface area contributed by atoms with Crippen LogP contribution in [0, 0.1) is 11.6 Å². The first-order valence-corrected chi connectivity index (χ1v) is 13.5. The summed E-state index contributed by atoms with van der Waals surface area (Å²) in [5, 5.41) is 5.30. The topological polar surface area (TPSA) is 99.4 Å². The molecule has 2 aromatic carbocycles. The van der Waals surface area contributed by atoms with Gasteiger partial charge in [-0.1, -0.05) is 6.08 Å². The second-order valence-electron chi connectivity index (χ2n) is 9.94. The van der Waals surface area contributed by atoms with Crippen LogP contribution < -0.4 is 25.7 Å². The molecule has 46 heavy (non-hydrogen) atoms. The van der Waals surface area contributed by atoms with Crippen LogP contribution in [-0.4, -0.2) is 47.1 Å². The number of carbonyl (C=O) groups excluding carboxylic acids is 1. The summed E-state index contributed by atoms with van der Waals surface area (Å²) in [6.07, 6.45) is -2.86. The third-order valence-corrected chi connectivity index (χ3v) is 7.11. The molecule has 9 nitrogen and oxygen atoms in total.